The van der Waals surface area contributed by atoms with Gasteiger partial charge in [0.1, 0.15) is 24.1 Å². The molecule has 0 saturated heterocycles. The Hall–Kier alpha value is -2.97. The van der Waals surface area contributed by atoms with Gasteiger partial charge in [0.2, 0.25) is 15.9 Å². The van der Waals surface area contributed by atoms with Gasteiger partial charge in [0.05, 0.1) is 25.6 Å². The summed E-state index contributed by atoms with van der Waals surface area (Å²) in [5, 5.41) is 5.09. The second-order valence-electron chi connectivity index (χ2n) is 7.17. The van der Waals surface area contributed by atoms with Crippen LogP contribution in [0.15, 0.2) is 60.7 Å². The van der Waals surface area contributed by atoms with Crippen molar-refractivity contribution in [2.75, 3.05) is 30.8 Å². The highest BCUT2D eigenvalue weighted by molar-refractivity contribution is 7.92. The Bertz CT molecular complexity index is 1210. The highest BCUT2D eigenvalue weighted by Gasteiger charge is 2.31. The van der Waals surface area contributed by atoms with Crippen LogP contribution < -0.4 is 19.1 Å². The third kappa shape index (κ3) is 5.44. The predicted octanol–water partition coefficient (Wildman–Crippen LogP) is 3.85. The normalized spacial score (nSPS) is 12.2. The largest absolute Gasteiger partial charge is 0.495 e. The molecule has 0 unspecified atom stereocenters. The SMILES string of the molecule is COc1ccc(Cl)cc1N([C@H](C)C(=O)NCCOc1cccc2ccccc12)S(C)(=O)=O. The summed E-state index contributed by atoms with van der Waals surface area (Å²) in [6, 6.07) is 17.2. The molecule has 0 aliphatic heterocycles. The quantitative estimate of drug-likeness (QED) is 0.474. The number of hydrogen-bond acceptors (Lipinski definition) is 5. The van der Waals surface area contributed by atoms with E-state index in [2.05, 4.69) is 5.32 Å². The lowest BCUT2D eigenvalue weighted by Gasteiger charge is -2.29. The zero-order valence-corrected chi connectivity index (χ0v) is 19.6. The number of ether oxygens (including phenoxy) is 2. The molecule has 0 aromatic heterocycles. The van der Waals surface area contributed by atoms with Gasteiger partial charge in [-0.15, -0.1) is 0 Å². The first-order chi connectivity index (χ1) is 15.2. The fourth-order valence-corrected chi connectivity index (χ4v) is 4.76. The summed E-state index contributed by atoms with van der Waals surface area (Å²) in [4.78, 5) is 12.8. The van der Waals surface area contributed by atoms with Crippen LogP contribution in [0.3, 0.4) is 0 Å². The summed E-state index contributed by atoms with van der Waals surface area (Å²) in [5.74, 6) is 0.532. The number of methoxy groups -OCH3 is 1. The van der Waals surface area contributed by atoms with Crippen molar-refractivity contribution in [2.45, 2.75) is 13.0 Å². The Labute approximate surface area is 192 Å². The van der Waals surface area contributed by atoms with Crippen LogP contribution in [0.5, 0.6) is 11.5 Å². The third-order valence-corrected chi connectivity index (χ3v) is 6.34. The zero-order valence-electron chi connectivity index (χ0n) is 18.0. The first-order valence-corrected chi connectivity index (χ1v) is 12.2. The summed E-state index contributed by atoms with van der Waals surface area (Å²) in [5.41, 5.74) is 0.192. The average molecular weight is 477 g/mol. The first kappa shape index (κ1) is 23.7. The minimum Gasteiger partial charge on any atom is -0.495 e. The first-order valence-electron chi connectivity index (χ1n) is 9.93. The maximum Gasteiger partial charge on any atom is 0.243 e. The Morgan fingerprint density at radius 1 is 1.09 bits per heavy atom. The minimum absolute atomic E-state index is 0.192. The van der Waals surface area contributed by atoms with Crippen molar-refractivity contribution in [3.05, 3.63) is 65.7 Å². The lowest BCUT2D eigenvalue weighted by Crippen LogP contribution is -2.48. The van der Waals surface area contributed by atoms with Gasteiger partial charge in [-0.05, 0) is 36.6 Å². The maximum absolute atomic E-state index is 12.8. The number of carbonyl (C=O) groups excluding carboxylic acids is 1. The number of anilines is 1. The van der Waals surface area contributed by atoms with E-state index in [1.807, 2.05) is 42.5 Å². The Morgan fingerprint density at radius 3 is 2.53 bits per heavy atom. The Kier molecular flexibility index (Phi) is 7.48. The van der Waals surface area contributed by atoms with Crippen molar-refractivity contribution in [3.8, 4) is 11.5 Å². The third-order valence-electron chi connectivity index (χ3n) is 4.88. The molecule has 0 bridgehead atoms. The van der Waals surface area contributed by atoms with Crippen molar-refractivity contribution in [1.29, 1.82) is 0 Å². The molecule has 3 rings (SSSR count). The molecule has 1 atom stereocenters. The predicted molar refractivity (Wildman–Crippen MR) is 127 cm³/mol. The molecule has 9 heteroatoms. The van der Waals surface area contributed by atoms with Gasteiger partial charge in [-0.3, -0.25) is 9.10 Å². The van der Waals surface area contributed by atoms with Crippen molar-refractivity contribution in [2.24, 2.45) is 0 Å². The van der Waals surface area contributed by atoms with Crippen LogP contribution >= 0.6 is 11.6 Å². The monoisotopic (exact) mass is 476 g/mol. The molecule has 0 saturated carbocycles. The highest BCUT2D eigenvalue weighted by Crippen LogP contribution is 2.34. The molecule has 32 heavy (non-hydrogen) atoms. The second-order valence-corrected chi connectivity index (χ2v) is 9.46. The van der Waals surface area contributed by atoms with Gasteiger partial charge in [-0.1, -0.05) is 48.0 Å². The van der Waals surface area contributed by atoms with Gasteiger partial charge in [0.15, 0.2) is 0 Å². The molecule has 0 fully saturated rings. The van der Waals surface area contributed by atoms with Gasteiger partial charge in [0.25, 0.3) is 0 Å². The number of halogens is 1. The number of nitrogens with one attached hydrogen (secondary N) is 1. The fourth-order valence-electron chi connectivity index (χ4n) is 3.42. The van der Waals surface area contributed by atoms with Gasteiger partial charge in [-0.25, -0.2) is 8.42 Å². The van der Waals surface area contributed by atoms with Crippen LogP contribution in [0.25, 0.3) is 10.8 Å². The molecule has 0 aliphatic rings. The van der Waals surface area contributed by atoms with E-state index in [0.29, 0.717) is 16.5 Å². The lowest BCUT2D eigenvalue weighted by atomic mass is 10.1. The molecule has 0 heterocycles. The molecular formula is C23H25ClN2O5S. The van der Waals surface area contributed by atoms with E-state index in [4.69, 9.17) is 21.1 Å². The number of carbonyl (C=O) groups is 1. The number of amides is 1. The number of benzene rings is 3. The standard InChI is InChI=1S/C23H25ClN2O5S/c1-16(26(32(3,28)29)20-15-18(24)11-12-22(20)30-2)23(27)25-13-14-31-21-10-6-8-17-7-4-5-9-19(17)21/h4-12,15-16H,13-14H2,1-3H3,(H,25,27)/t16-/m1/s1. The summed E-state index contributed by atoms with van der Waals surface area (Å²) in [6.45, 7) is 1.94. The number of rotatable bonds is 9. The highest BCUT2D eigenvalue weighted by atomic mass is 35.5. The molecule has 3 aromatic rings. The van der Waals surface area contributed by atoms with Crippen LogP contribution in [0.1, 0.15) is 6.92 Å². The van der Waals surface area contributed by atoms with Crippen molar-refractivity contribution in [3.63, 3.8) is 0 Å². The van der Waals surface area contributed by atoms with Gasteiger partial charge in [0, 0.05) is 10.4 Å². The summed E-state index contributed by atoms with van der Waals surface area (Å²) >= 11 is 6.06. The molecule has 0 radical (unpaired) electrons. The summed E-state index contributed by atoms with van der Waals surface area (Å²) in [7, 11) is -2.39. The van der Waals surface area contributed by atoms with Gasteiger partial charge >= 0.3 is 0 Å². The van der Waals surface area contributed by atoms with E-state index >= 15 is 0 Å². The topological polar surface area (TPSA) is 84.9 Å². The summed E-state index contributed by atoms with van der Waals surface area (Å²) < 4.78 is 37.1. The van der Waals surface area contributed by atoms with Crippen molar-refractivity contribution in [1.82, 2.24) is 5.32 Å². The molecule has 1 amide bonds. The van der Waals surface area contributed by atoms with E-state index in [0.717, 1.165) is 21.3 Å². The number of sulfonamides is 1. The van der Waals surface area contributed by atoms with E-state index in [9.17, 15) is 13.2 Å². The smallest absolute Gasteiger partial charge is 0.243 e. The van der Waals surface area contributed by atoms with Crippen LogP contribution in [0.4, 0.5) is 5.69 Å². The molecule has 1 N–H and O–H groups in total. The second kappa shape index (κ2) is 10.1. The van der Waals surface area contributed by atoms with Gasteiger partial charge in [-0.2, -0.15) is 0 Å². The molecule has 7 nitrogen and oxygen atoms in total. The van der Waals surface area contributed by atoms with E-state index < -0.39 is 22.0 Å². The molecule has 0 aliphatic carbocycles. The van der Waals surface area contributed by atoms with Gasteiger partial charge < -0.3 is 14.8 Å². The van der Waals surface area contributed by atoms with Crippen LogP contribution in [-0.2, 0) is 14.8 Å². The molecule has 3 aromatic carbocycles. The van der Waals surface area contributed by atoms with E-state index in [1.54, 1.807) is 12.1 Å². The van der Waals surface area contributed by atoms with Crippen LogP contribution in [0, 0.1) is 0 Å². The lowest BCUT2D eigenvalue weighted by molar-refractivity contribution is -0.121. The summed E-state index contributed by atoms with van der Waals surface area (Å²) in [6.07, 6.45) is 1.03. The zero-order chi connectivity index (χ0) is 23.3. The van der Waals surface area contributed by atoms with Crippen LogP contribution in [0.2, 0.25) is 5.02 Å². The number of hydrogen-bond donors (Lipinski definition) is 1. The van der Waals surface area contributed by atoms with Crippen LogP contribution in [-0.4, -0.2) is 46.9 Å². The van der Waals surface area contributed by atoms with E-state index in [-0.39, 0.29) is 18.8 Å². The maximum atomic E-state index is 12.8. The van der Waals surface area contributed by atoms with Crippen molar-refractivity contribution >= 4 is 44.0 Å². The molecule has 170 valence electrons. The minimum atomic E-state index is -3.81. The fraction of sp³-hybridized carbons (Fsp3) is 0.261. The Morgan fingerprint density at radius 2 is 1.81 bits per heavy atom. The van der Waals surface area contributed by atoms with E-state index in [1.165, 1.54) is 20.1 Å². The molecular weight excluding hydrogens is 452 g/mol. The number of nitrogens with zero attached hydrogens (tertiary/aromatic N) is 1. The number of fused-ring (bicyclic) bond motifs is 1. The molecule has 0 spiro atoms. The van der Waals surface area contributed by atoms with Crippen molar-refractivity contribution < 1.29 is 22.7 Å². The Balaban J connectivity index is 1.69. The average Bonchev–Trinajstić information content (AvgIpc) is 2.76.